The van der Waals surface area contributed by atoms with Gasteiger partial charge in [-0.25, -0.2) is 0 Å². The molecule has 1 amide bonds. The molecule has 20 heavy (non-hydrogen) atoms. The molecule has 2 N–H and O–H groups in total. The Morgan fingerprint density at radius 1 is 1.30 bits per heavy atom. The number of hydrogen-bond acceptors (Lipinski definition) is 2. The monoisotopic (exact) mass is 272 g/mol. The summed E-state index contributed by atoms with van der Waals surface area (Å²) in [6.45, 7) is 2.64. The molecular formula is C17H24N2O. The standard InChI is InChI=1S/C17H24N2O/c20-16(19-11-9-14-6-2-1-3-7-14)17-10-5-4-8-15(17)12-18-13-17/h1-3,6-7,15,18H,4-5,8-13H2,(H,19,20)/t15-,17+/m0/s1. The van der Waals surface area contributed by atoms with Crippen molar-refractivity contribution in [2.45, 2.75) is 32.1 Å². The molecule has 1 saturated heterocycles. The third-order valence-electron chi connectivity index (χ3n) is 5.03. The van der Waals surface area contributed by atoms with Gasteiger partial charge in [-0.3, -0.25) is 4.79 Å². The second kappa shape index (κ2) is 5.96. The molecule has 3 heteroatoms. The zero-order valence-corrected chi connectivity index (χ0v) is 12.0. The van der Waals surface area contributed by atoms with Crippen molar-refractivity contribution in [3.63, 3.8) is 0 Å². The van der Waals surface area contributed by atoms with Crippen molar-refractivity contribution in [3.05, 3.63) is 35.9 Å². The molecule has 1 aliphatic heterocycles. The maximum atomic E-state index is 12.6. The van der Waals surface area contributed by atoms with Crippen molar-refractivity contribution in [3.8, 4) is 0 Å². The van der Waals surface area contributed by atoms with E-state index < -0.39 is 0 Å². The highest BCUT2D eigenvalue weighted by atomic mass is 16.2. The number of fused-ring (bicyclic) bond motifs is 1. The molecule has 0 bridgehead atoms. The van der Waals surface area contributed by atoms with Crippen LogP contribution in [0.1, 0.15) is 31.2 Å². The van der Waals surface area contributed by atoms with Crippen LogP contribution in [0, 0.1) is 11.3 Å². The van der Waals surface area contributed by atoms with E-state index in [0.29, 0.717) is 5.92 Å². The smallest absolute Gasteiger partial charge is 0.227 e. The normalized spacial score (nSPS) is 28.9. The van der Waals surface area contributed by atoms with Gasteiger partial charge in [0.05, 0.1) is 5.41 Å². The van der Waals surface area contributed by atoms with Crippen molar-refractivity contribution in [1.82, 2.24) is 10.6 Å². The fraction of sp³-hybridized carbons (Fsp3) is 0.588. The van der Waals surface area contributed by atoms with E-state index in [2.05, 4.69) is 22.8 Å². The zero-order valence-electron chi connectivity index (χ0n) is 12.0. The van der Waals surface area contributed by atoms with E-state index in [-0.39, 0.29) is 11.3 Å². The summed E-state index contributed by atoms with van der Waals surface area (Å²) in [7, 11) is 0. The largest absolute Gasteiger partial charge is 0.355 e. The molecule has 2 atom stereocenters. The molecule has 2 fully saturated rings. The van der Waals surface area contributed by atoms with Gasteiger partial charge < -0.3 is 10.6 Å². The minimum Gasteiger partial charge on any atom is -0.355 e. The van der Waals surface area contributed by atoms with Gasteiger partial charge in [-0.1, -0.05) is 43.2 Å². The molecule has 2 aliphatic rings. The van der Waals surface area contributed by atoms with Crippen molar-refractivity contribution in [2.24, 2.45) is 11.3 Å². The van der Waals surface area contributed by atoms with Gasteiger partial charge in [-0.15, -0.1) is 0 Å². The Morgan fingerprint density at radius 2 is 2.15 bits per heavy atom. The number of carbonyl (C=O) groups is 1. The van der Waals surface area contributed by atoms with Gasteiger partial charge in [0, 0.05) is 13.1 Å². The second-order valence-electron chi connectivity index (χ2n) is 6.22. The van der Waals surface area contributed by atoms with E-state index in [1.807, 2.05) is 18.2 Å². The first-order valence-corrected chi connectivity index (χ1v) is 7.84. The van der Waals surface area contributed by atoms with Crippen molar-refractivity contribution < 1.29 is 4.79 Å². The Hall–Kier alpha value is -1.35. The maximum absolute atomic E-state index is 12.6. The first-order valence-electron chi connectivity index (χ1n) is 7.84. The van der Waals surface area contributed by atoms with E-state index in [1.54, 1.807) is 0 Å². The molecular weight excluding hydrogens is 248 g/mol. The van der Waals surface area contributed by atoms with Crippen molar-refractivity contribution >= 4 is 5.91 Å². The Labute approximate surface area is 121 Å². The van der Waals surface area contributed by atoms with E-state index in [0.717, 1.165) is 32.5 Å². The van der Waals surface area contributed by atoms with Crippen LogP contribution in [-0.4, -0.2) is 25.5 Å². The summed E-state index contributed by atoms with van der Waals surface area (Å²) < 4.78 is 0. The van der Waals surface area contributed by atoms with Crippen LogP contribution in [0.4, 0.5) is 0 Å². The third kappa shape index (κ3) is 2.59. The minimum absolute atomic E-state index is 0.116. The first-order chi connectivity index (χ1) is 9.81. The predicted octanol–water partition coefficient (Wildman–Crippen LogP) is 2.13. The van der Waals surface area contributed by atoms with Gasteiger partial charge >= 0.3 is 0 Å². The van der Waals surface area contributed by atoms with Crippen LogP contribution in [0.25, 0.3) is 0 Å². The number of hydrogen-bond donors (Lipinski definition) is 2. The number of carbonyl (C=O) groups excluding carboxylic acids is 1. The van der Waals surface area contributed by atoms with Crippen LogP contribution in [-0.2, 0) is 11.2 Å². The molecule has 0 unspecified atom stereocenters. The molecule has 1 aliphatic carbocycles. The van der Waals surface area contributed by atoms with Gasteiger partial charge in [-0.05, 0) is 37.3 Å². The lowest BCUT2D eigenvalue weighted by atomic mass is 9.67. The summed E-state index contributed by atoms with van der Waals surface area (Å²) >= 11 is 0. The SMILES string of the molecule is O=C(NCCc1ccccc1)[C@@]12CCCC[C@H]1CNC2. The van der Waals surface area contributed by atoms with Gasteiger partial charge in [0.15, 0.2) is 0 Å². The quantitative estimate of drug-likeness (QED) is 0.881. The van der Waals surface area contributed by atoms with Crippen LogP contribution in [0.15, 0.2) is 30.3 Å². The van der Waals surface area contributed by atoms with Gasteiger partial charge in [-0.2, -0.15) is 0 Å². The molecule has 1 aromatic carbocycles. The highest BCUT2D eigenvalue weighted by Crippen LogP contribution is 2.43. The third-order valence-corrected chi connectivity index (χ3v) is 5.03. The number of benzene rings is 1. The molecule has 0 spiro atoms. The molecule has 1 heterocycles. The van der Waals surface area contributed by atoms with E-state index in [1.165, 1.54) is 24.8 Å². The summed E-state index contributed by atoms with van der Waals surface area (Å²) in [5.41, 5.74) is 1.17. The molecule has 108 valence electrons. The van der Waals surface area contributed by atoms with Crippen LogP contribution in [0.3, 0.4) is 0 Å². The van der Waals surface area contributed by atoms with Gasteiger partial charge in [0.2, 0.25) is 5.91 Å². The summed E-state index contributed by atoms with van der Waals surface area (Å²) in [6.07, 6.45) is 5.66. The predicted molar refractivity (Wildman–Crippen MR) is 80.4 cm³/mol. The average Bonchev–Trinajstić information content (AvgIpc) is 2.93. The Morgan fingerprint density at radius 3 is 3.00 bits per heavy atom. The number of amides is 1. The average molecular weight is 272 g/mol. The second-order valence-corrected chi connectivity index (χ2v) is 6.22. The summed E-state index contributed by atoms with van der Waals surface area (Å²) in [5, 5.41) is 6.62. The zero-order chi connectivity index (χ0) is 13.8. The highest BCUT2D eigenvalue weighted by Gasteiger charge is 2.49. The summed E-state index contributed by atoms with van der Waals surface area (Å²) in [4.78, 5) is 12.6. The van der Waals surface area contributed by atoms with E-state index >= 15 is 0 Å². The van der Waals surface area contributed by atoms with Crippen molar-refractivity contribution in [1.29, 1.82) is 0 Å². The minimum atomic E-state index is -0.116. The molecule has 1 aromatic rings. The first kappa shape index (κ1) is 13.6. The fourth-order valence-corrected chi connectivity index (χ4v) is 3.83. The lowest BCUT2D eigenvalue weighted by Gasteiger charge is -2.37. The fourth-order valence-electron chi connectivity index (χ4n) is 3.83. The Balaban J connectivity index is 1.56. The van der Waals surface area contributed by atoms with E-state index in [9.17, 15) is 4.79 Å². The van der Waals surface area contributed by atoms with Gasteiger partial charge in [0.25, 0.3) is 0 Å². The Bertz CT molecular complexity index is 459. The molecule has 3 rings (SSSR count). The summed E-state index contributed by atoms with van der Waals surface area (Å²) in [5.74, 6) is 0.830. The molecule has 3 nitrogen and oxygen atoms in total. The molecule has 1 saturated carbocycles. The lowest BCUT2D eigenvalue weighted by molar-refractivity contribution is -0.133. The van der Waals surface area contributed by atoms with Crippen LogP contribution >= 0.6 is 0 Å². The summed E-state index contributed by atoms with van der Waals surface area (Å²) in [6, 6.07) is 10.4. The van der Waals surface area contributed by atoms with E-state index in [4.69, 9.17) is 0 Å². The lowest BCUT2D eigenvalue weighted by Crippen LogP contribution is -2.48. The van der Waals surface area contributed by atoms with Crippen LogP contribution in [0.5, 0.6) is 0 Å². The Kier molecular flexibility index (Phi) is 4.06. The maximum Gasteiger partial charge on any atom is 0.227 e. The topological polar surface area (TPSA) is 41.1 Å². The van der Waals surface area contributed by atoms with Gasteiger partial charge in [0.1, 0.15) is 0 Å². The number of nitrogens with one attached hydrogen (secondary N) is 2. The molecule has 0 radical (unpaired) electrons. The van der Waals surface area contributed by atoms with Crippen molar-refractivity contribution in [2.75, 3.05) is 19.6 Å². The van der Waals surface area contributed by atoms with Crippen LogP contribution < -0.4 is 10.6 Å². The highest BCUT2D eigenvalue weighted by molar-refractivity contribution is 5.83. The number of rotatable bonds is 4. The van der Waals surface area contributed by atoms with Crippen LogP contribution in [0.2, 0.25) is 0 Å². The molecule has 0 aromatic heterocycles.